The van der Waals surface area contributed by atoms with Gasteiger partial charge in [-0.3, -0.25) is 20.2 Å². The number of carbonyl (C=O) groups excluding carboxylic acids is 1. The van der Waals surface area contributed by atoms with Gasteiger partial charge in [0.25, 0.3) is 0 Å². The van der Waals surface area contributed by atoms with Gasteiger partial charge in [0.1, 0.15) is 5.92 Å². The average molecular weight is 328 g/mol. The number of para-hydroxylation sites is 2. The highest BCUT2D eigenvalue weighted by Gasteiger charge is 2.53. The monoisotopic (exact) mass is 328 g/mol. The molecule has 0 unspecified atom stereocenters. The Hall–Kier alpha value is -2.44. The lowest BCUT2D eigenvalue weighted by Crippen LogP contribution is -2.23. The van der Waals surface area contributed by atoms with E-state index in [9.17, 15) is 14.9 Å². The highest BCUT2D eigenvalue weighted by molar-refractivity contribution is 5.95. The van der Waals surface area contributed by atoms with Crippen molar-refractivity contribution in [2.24, 2.45) is 5.92 Å². The largest absolute Gasteiger partial charge is 0.307 e. The zero-order valence-corrected chi connectivity index (χ0v) is 13.4. The Morgan fingerprint density at radius 1 is 1.25 bits per heavy atom. The molecule has 2 atom stereocenters. The fourth-order valence-electron chi connectivity index (χ4n) is 3.74. The van der Waals surface area contributed by atoms with Gasteiger partial charge in [-0.2, -0.15) is 0 Å². The summed E-state index contributed by atoms with van der Waals surface area (Å²) in [6, 6.07) is 7.43. The van der Waals surface area contributed by atoms with Crippen molar-refractivity contribution in [1.82, 2.24) is 9.55 Å². The van der Waals surface area contributed by atoms with E-state index in [-0.39, 0.29) is 10.8 Å². The van der Waals surface area contributed by atoms with Gasteiger partial charge in [-0.25, -0.2) is 4.98 Å². The van der Waals surface area contributed by atoms with Crippen LogP contribution in [0.1, 0.15) is 44.6 Å². The first-order valence-electron chi connectivity index (χ1n) is 8.56. The maximum atomic E-state index is 12.3. The maximum Gasteiger partial charge on any atom is 0.237 e. The molecule has 1 amide bonds. The number of anilines is 1. The zero-order valence-electron chi connectivity index (χ0n) is 13.4. The fourth-order valence-corrected chi connectivity index (χ4v) is 3.74. The smallest absolute Gasteiger partial charge is 0.237 e. The molecule has 2 aliphatic carbocycles. The molecule has 4 rings (SSSR count). The van der Waals surface area contributed by atoms with Gasteiger partial charge in [0.05, 0.1) is 11.0 Å². The number of amides is 1. The molecule has 7 heteroatoms. The maximum absolute atomic E-state index is 12.3. The van der Waals surface area contributed by atoms with Crippen molar-refractivity contribution < 1.29 is 9.72 Å². The van der Waals surface area contributed by atoms with Gasteiger partial charge < -0.3 is 4.57 Å². The molecule has 0 saturated heterocycles. The van der Waals surface area contributed by atoms with Crippen LogP contribution in [0.4, 0.5) is 5.95 Å². The SMILES string of the molecule is O=C(Nc1nc2ccccc2n1C1CCCCC1)[C@@H]1C[C@@H]1[N+](=O)[O-]. The molecule has 1 aromatic heterocycles. The lowest BCUT2D eigenvalue weighted by Gasteiger charge is -2.25. The molecule has 0 aliphatic heterocycles. The second kappa shape index (κ2) is 5.89. The van der Waals surface area contributed by atoms with E-state index in [1.165, 1.54) is 19.3 Å². The lowest BCUT2D eigenvalue weighted by atomic mass is 9.95. The van der Waals surface area contributed by atoms with E-state index in [2.05, 4.69) is 14.9 Å². The van der Waals surface area contributed by atoms with Crippen LogP contribution in [0.15, 0.2) is 24.3 Å². The van der Waals surface area contributed by atoms with Crippen LogP contribution in [0.25, 0.3) is 11.0 Å². The number of imidazole rings is 1. The van der Waals surface area contributed by atoms with Crippen LogP contribution in [-0.2, 0) is 4.79 Å². The molecule has 2 aliphatic rings. The number of nitrogens with zero attached hydrogens (tertiary/aromatic N) is 3. The third-order valence-electron chi connectivity index (χ3n) is 5.13. The molecule has 24 heavy (non-hydrogen) atoms. The Labute approximate surface area is 139 Å². The molecule has 0 radical (unpaired) electrons. The summed E-state index contributed by atoms with van der Waals surface area (Å²) >= 11 is 0. The molecule has 126 valence electrons. The Bertz CT molecular complexity index is 794. The summed E-state index contributed by atoms with van der Waals surface area (Å²) in [5, 5.41) is 13.6. The third-order valence-corrected chi connectivity index (χ3v) is 5.13. The summed E-state index contributed by atoms with van der Waals surface area (Å²) in [6.07, 6.45) is 6.07. The van der Waals surface area contributed by atoms with Gasteiger partial charge in [-0.15, -0.1) is 0 Å². The summed E-state index contributed by atoms with van der Waals surface area (Å²) in [5.41, 5.74) is 1.86. The van der Waals surface area contributed by atoms with Gasteiger partial charge in [0.2, 0.25) is 17.9 Å². The molecule has 0 bridgehead atoms. The molecule has 1 aromatic carbocycles. The quantitative estimate of drug-likeness (QED) is 0.689. The van der Waals surface area contributed by atoms with Gasteiger partial charge in [0.15, 0.2) is 0 Å². The first-order chi connectivity index (χ1) is 11.6. The molecule has 2 aromatic rings. The van der Waals surface area contributed by atoms with E-state index in [1.54, 1.807) is 0 Å². The zero-order chi connectivity index (χ0) is 16.7. The van der Waals surface area contributed by atoms with E-state index in [0.29, 0.717) is 18.4 Å². The molecule has 1 heterocycles. The molecule has 7 nitrogen and oxygen atoms in total. The van der Waals surface area contributed by atoms with E-state index in [4.69, 9.17) is 0 Å². The molecular weight excluding hydrogens is 308 g/mol. The minimum atomic E-state index is -0.738. The number of rotatable bonds is 4. The molecule has 2 saturated carbocycles. The lowest BCUT2D eigenvalue weighted by molar-refractivity contribution is -0.497. The van der Waals surface area contributed by atoms with Gasteiger partial charge in [0, 0.05) is 17.4 Å². The van der Waals surface area contributed by atoms with Crippen LogP contribution >= 0.6 is 0 Å². The van der Waals surface area contributed by atoms with Crippen molar-refractivity contribution in [2.45, 2.75) is 50.6 Å². The average Bonchev–Trinajstić information content (AvgIpc) is 3.32. The summed E-state index contributed by atoms with van der Waals surface area (Å²) in [6.45, 7) is 0. The van der Waals surface area contributed by atoms with Crippen LogP contribution < -0.4 is 5.32 Å². The molecule has 2 fully saturated rings. The Morgan fingerprint density at radius 3 is 2.71 bits per heavy atom. The highest BCUT2D eigenvalue weighted by Crippen LogP contribution is 2.37. The molecule has 1 N–H and O–H groups in total. The van der Waals surface area contributed by atoms with Gasteiger partial charge >= 0.3 is 0 Å². The number of nitro groups is 1. The van der Waals surface area contributed by atoms with Crippen molar-refractivity contribution >= 4 is 22.9 Å². The van der Waals surface area contributed by atoms with Crippen molar-refractivity contribution in [3.8, 4) is 0 Å². The summed E-state index contributed by atoms with van der Waals surface area (Å²) in [7, 11) is 0. The minimum Gasteiger partial charge on any atom is -0.307 e. The summed E-state index contributed by atoms with van der Waals surface area (Å²) in [5.74, 6) is -0.286. The minimum absolute atomic E-state index is 0.288. The number of nitrogens with one attached hydrogen (secondary N) is 1. The van der Waals surface area contributed by atoms with Crippen molar-refractivity contribution in [3.63, 3.8) is 0 Å². The Balaban J connectivity index is 1.64. The Morgan fingerprint density at radius 2 is 2.00 bits per heavy atom. The van der Waals surface area contributed by atoms with Crippen LogP contribution in [0.3, 0.4) is 0 Å². The van der Waals surface area contributed by atoms with Crippen molar-refractivity contribution in [2.75, 3.05) is 5.32 Å². The van der Waals surface area contributed by atoms with Crippen LogP contribution in [0.2, 0.25) is 0 Å². The predicted molar refractivity (Wildman–Crippen MR) is 89.4 cm³/mol. The van der Waals surface area contributed by atoms with E-state index < -0.39 is 12.0 Å². The van der Waals surface area contributed by atoms with E-state index >= 15 is 0 Å². The predicted octanol–water partition coefficient (Wildman–Crippen LogP) is 3.15. The standard InChI is InChI=1S/C17H20N4O3/c22-16(12-10-15(12)21(23)24)19-17-18-13-8-4-5-9-14(13)20(17)11-6-2-1-3-7-11/h4-5,8-9,11-12,15H,1-3,6-7,10H2,(H,18,19,22)/t12-,15+/m1/s1. The number of fused-ring (bicyclic) bond motifs is 1. The third kappa shape index (κ3) is 2.64. The fraction of sp³-hybridized carbons (Fsp3) is 0.529. The van der Waals surface area contributed by atoms with Crippen LogP contribution in [0, 0.1) is 16.0 Å². The number of aromatic nitrogens is 2. The second-order valence-corrected chi connectivity index (χ2v) is 6.77. The van der Waals surface area contributed by atoms with Gasteiger partial charge in [-0.1, -0.05) is 31.4 Å². The summed E-state index contributed by atoms with van der Waals surface area (Å²) < 4.78 is 2.12. The van der Waals surface area contributed by atoms with Crippen molar-refractivity contribution in [1.29, 1.82) is 0 Å². The first-order valence-corrected chi connectivity index (χ1v) is 8.56. The second-order valence-electron chi connectivity index (χ2n) is 6.77. The number of hydrogen-bond donors (Lipinski definition) is 1. The number of benzene rings is 1. The molecular formula is C17H20N4O3. The molecule has 0 spiro atoms. The van der Waals surface area contributed by atoms with Crippen LogP contribution in [0.5, 0.6) is 0 Å². The topological polar surface area (TPSA) is 90.1 Å². The Kier molecular flexibility index (Phi) is 3.70. The normalized spacial score (nSPS) is 24.0. The number of hydrogen-bond acceptors (Lipinski definition) is 4. The van der Waals surface area contributed by atoms with E-state index in [0.717, 1.165) is 23.9 Å². The highest BCUT2D eigenvalue weighted by atomic mass is 16.6. The van der Waals surface area contributed by atoms with Gasteiger partial charge in [-0.05, 0) is 25.0 Å². The summed E-state index contributed by atoms with van der Waals surface area (Å²) in [4.78, 5) is 27.3. The first kappa shape index (κ1) is 15.1. The van der Waals surface area contributed by atoms with E-state index in [1.807, 2.05) is 24.3 Å². The van der Waals surface area contributed by atoms with Crippen molar-refractivity contribution in [3.05, 3.63) is 34.4 Å². The number of carbonyl (C=O) groups is 1. The van der Waals surface area contributed by atoms with Crippen LogP contribution in [-0.4, -0.2) is 26.4 Å².